The Morgan fingerprint density at radius 2 is 1.95 bits per heavy atom. The molecule has 0 atom stereocenters. The van der Waals surface area contributed by atoms with Gasteiger partial charge in [-0.25, -0.2) is 13.6 Å². The van der Waals surface area contributed by atoms with Gasteiger partial charge in [-0.05, 0) is 24.3 Å². The lowest BCUT2D eigenvalue weighted by atomic mass is 10.2. The SMILES string of the molecule is CN(C(=O)c1cn[nH]c1)c1ccc(S(N)(=O)=O)cc1. The molecule has 3 N–H and O–H groups in total. The first-order valence-corrected chi connectivity index (χ1v) is 6.84. The molecule has 19 heavy (non-hydrogen) atoms. The topological polar surface area (TPSA) is 109 Å². The van der Waals surface area contributed by atoms with Crippen molar-refractivity contribution in [1.29, 1.82) is 0 Å². The summed E-state index contributed by atoms with van der Waals surface area (Å²) in [6.07, 6.45) is 2.90. The lowest BCUT2D eigenvalue weighted by Gasteiger charge is -2.16. The van der Waals surface area contributed by atoms with E-state index in [0.29, 0.717) is 11.3 Å². The van der Waals surface area contributed by atoms with Gasteiger partial charge in [0.25, 0.3) is 5.91 Å². The highest BCUT2D eigenvalue weighted by molar-refractivity contribution is 7.89. The summed E-state index contributed by atoms with van der Waals surface area (Å²) >= 11 is 0. The van der Waals surface area contributed by atoms with E-state index in [1.165, 1.54) is 41.6 Å². The zero-order chi connectivity index (χ0) is 14.0. The Kier molecular flexibility index (Phi) is 3.36. The zero-order valence-electron chi connectivity index (χ0n) is 10.1. The fraction of sp³-hybridized carbons (Fsp3) is 0.0909. The standard InChI is InChI=1S/C11H12N4O3S/c1-15(11(16)8-6-13-14-7-8)9-2-4-10(5-3-9)19(12,17)18/h2-7H,1H3,(H,13,14)(H2,12,17,18). The monoisotopic (exact) mass is 280 g/mol. The minimum atomic E-state index is -3.73. The molecule has 0 spiro atoms. The van der Waals surface area contributed by atoms with Crippen LogP contribution in [0.1, 0.15) is 10.4 Å². The van der Waals surface area contributed by atoms with E-state index in [2.05, 4.69) is 10.2 Å². The number of sulfonamides is 1. The number of aromatic nitrogens is 2. The predicted octanol–water partition coefficient (Wildman–Crippen LogP) is 0.334. The van der Waals surface area contributed by atoms with Crippen molar-refractivity contribution in [3.05, 3.63) is 42.2 Å². The van der Waals surface area contributed by atoms with Crippen LogP contribution >= 0.6 is 0 Å². The lowest BCUT2D eigenvalue weighted by molar-refractivity contribution is 0.0993. The van der Waals surface area contributed by atoms with Crippen molar-refractivity contribution in [2.75, 3.05) is 11.9 Å². The lowest BCUT2D eigenvalue weighted by Crippen LogP contribution is -2.25. The Morgan fingerprint density at radius 3 is 2.42 bits per heavy atom. The number of carbonyl (C=O) groups excluding carboxylic acids is 1. The molecule has 100 valence electrons. The molecular formula is C11H12N4O3S. The molecule has 0 radical (unpaired) electrons. The molecule has 0 fully saturated rings. The number of primary sulfonamides is 1. The Bertz CT molecular complexity index is 677. The number of nitrogens with two attached hydrogens (primary N) is 1. The maximum atomic E-state index is 12.0. The molecule has 1 amide bonds. The smallest absolute Gasteiger partial charge is 0.261 e. The van der Waals surface area contributed by atoms with Crippen LogP contribution in [-0.2, 0) is 10.0 Å². The first-order valence-electron chi connectivity index (χ1n) is 5.29. The summed E-state index contributed by atoms with van der Waals surface area (Å²) in [5, 5.41) is 11.2. The Balaban J connectivity index is 2.25. The van der Waals surface area contributed by atoms with Gasteiger partial charge in [0.05, 0.1) is 16.7 Å². The van der Waals surface area contributed by atoms with Gasteiger partial charge >= 0.3 is 0 Å². The number of nitrogens with one attached hydrogen (secondary N) is 1. The molecule has 0 aliphatic heterocycles. The van der Waals surface area contributed by atoms with Crippen molar-refractivity contribution in [3.8, 4) is 0 Å². The molecule has 7 nitrogen and oxygen atoms in total. The molecule has 0 unspecified atom stereocenters. The molecular weight excluding hydrogens is 268 g/mol. The molecule has 0 aliphatic carbocycles. The average Bonchev–Trinajstić information content (AvgIpc) is 2.90. The van der Waals surface area contributed by atoms with Crippen LogP contribution in [0.15, 0.2) is 41.6 Å². The summed E-state index contributed by atoms with van der Waals surface area (Å²) in [5.41, 5.74) is 0.969. The van der Waals surface area contributed by atoms with Crippen LogP contribution in [0.4, 0.5) is 5.69 Å². The van der Waals surface area contributed by atoms with E-state index in [1.54, 1.807) is 7.05 Å². The quantitative estimate of drug-likeness (QED) is 0.844. The second kappa shape index (κ2) is 4.82. The van der Waals surface area contributed by atoms with Crippen LogP contribution < -0.4 is 10.0 Å². The number of anilines is 1. The van der Waals surface area contributed by atoms with E-state index in [9.17, 15) is 13.2 Å². The third-order valence-electron chi connectivity index (χ3n) is 2.60. The van der Waals surface area contributed by atoms with Crippen molar-refractivity contribution in [2.24, 2.45) is 5.14 Å². The van der Waals surface area contributed by atoms with E-state index < -0.39 is 10.0 Å². The van der Waals surface area contributed by atoms with Crippen LogP contribution in [0.3, 0.4) is 0 Å². The summed E-state index contributed by atoms with van der Waals surface area (Å²) in [6.45, 7) is 0. The van der Waals surface area contributed by atoms with Gasteiger partial charge in [0, 0.05) is 18.9 Å². The highest BCUT2D eigenvalue weighted by Crippen LogP contribution is 2.17. The first-order chi connectivity index (χ1) is 8.89. The summed E-state index contributed by atoms with van der Waals surface area (Å²) in [5.74, 6) is -0.253. The number of hydrogen-bond acceptors (Lipinski definition) is 4. The van der Waals surface area contributed by atoms with Crippen molar-refractivity contribution >= 4 is 21.6 Å². The van der Waals surface area contributed by atoms with Crippen molar-refractivity contribution in [1.82, 2.24) is 10.2 Å². The van der Waals surface area contributed by atoms with Gasteiger partial charge < -0.3 is 4.90 Å². The molecule has 2 rings (SSSR count). The van der Waals surface area contributed by atoms with Gasteiger partial charge in [0.2, 0.25) is 10.0 Å². The normalized spacial score (nSPS) is 11.3. The van der Waals surface area contributed by atoms with Gasteiger partial charge in [-0.1, -0.05) is 0 Å². The summed E-state index contributed by atoms with van der Waals surface area (Å²) in [6, 6.07) is 5.73. The maximum Gasteiger partial charge on any atom is 0.261 e. The van der Waals surface area contributed by atoms with Crippen LogP contribution in [0.5, 0.6) is 0 Å². The second-order valence-corrected chi connectivity index (χ2v) is 5.45. The number of aromatic amines is 1. The van der Waals surface area contributed by atoms with Gasteiger partial charge in [0.15, 0.2) is 0 Å². The molecule has 0 saturated carbocycles. The van der Waals surface area contributed by atoms with Gasteiger partial charge in [0.1, 0.15) is 0 Å². The number of benzene rings is 1. The van der Waals surface area contributed by atoms with Crippen LogP contribution in [0.25, 0.3) is 0 Å². The molecule has 1 heterocycles. The summed E-state index contributed by atoms with van der Waals surface area (Å²) < 4.78 is 22.2. The minimum Gasteiger partial charge on any atom is -0.311 e. The number of nitrogens with zero attached hydrogens (tertiary/aromatic N) is 2. The van der Waals surface area contributed by atoms with E-state index in [4.69, 9.17) is 5.14 Å². The highest BCUT2D eigenvalue weighted by atomic mass is 32.2. The third-order valence-corrected chi connectivity index (χ3v) is 3.53. The van der Waals surface area contributed by atoms with Crippen LogP contribution in [-0.4, -0.2) is 31.6 Å². The molecule has 1 aromatic carbocycles. The van der Waals surface area contributed by atoms with Crippen molar-refractivity contribution < 1.29 is 13.2 Å². The van der Waals surface area contributed by atoms with Crippen molar-refractivity contribution in [3.63, 3.8) is 0 Å². The largest absolute Gasteiger partial charge is 0.311 e. The van der Waals surface area contributed by atoms with Gasteiger partial charge in [-0.15, -0.1) is 0 Å². The number of carbonyl (C=O) groups is 1. The fourth-order valence-corrected chi connectivity index (χ4v) is 2.05. The fourth-order valence-electron chi connectivity index (χ4n) is 1.54. The van der Waals surface area contributed by atoms with E-state index >= 15 is 0 Å². The molecule has 8 heteroatoms. The number of rotatable bonds is 3. The summed E-state index contributed by atoms with van der Waals surface area (Å²) in [4.78, 5) is 13.4. The molecule has 0 aliphatic rings. The average molecular weight is 280 g/mol. The van der Waals surface area contributed by atoms with Gasteiger partial charge in [-0.3, -0.25) is 9.89 Å². The Morgan fingerprint density at radius 1 is 1.32 bits per heavy atom. The second-order valence-electron chi connectivity index (χ2n) is 3.89. The Labute approximate surface area is 110 Å². The molecule has 2 aromatic rings. The summed E-state index contributed by atoms with van der Waals surface area (Å²) in [7, 11) is -2.14. The first kappa shape index (κ1) is 13.2. The number of hydrogen-bond donors (Lipinski definition) is 2. The Hall–Kier alpha value is -2.19. The molecule has 1 aromatic heterocycles. The third kappa shape index (κ3) is 2.80. The predicted molar refractivity (Wildman–Crippen MR) is 69.1 cm³/mol. The van der Waals surface area contributed by atoms with E-state index in [1.807, 2.05) is 0 Å². The molecule has 0 saturated heterocycles. The van der Waals surface area contributed by atoms with Gasteiger partial charge in [-0.2, -0.15) is 5.10 Å². The number of amides is 1. The highest BCUT2D eigenvalue weighted by Gasteiger charge is 2.15. The minimum absolute atomic E-state index is 0.000380. The number of H-pyrrole nitrogens is 1. The van der Waals surface area contributed by atoms with E-state index in [-0.39, 0.29) is 10.8 Å². The van der Waals surface area contributed by atoms with E-state index in [0.717, 1.165) is 0 Å². The van der Waals surface area contributed by atoms with Crippen LogP contribution in [0.2, 0.25) is 0 Å². The zero-order valence-corrected chi connectivity index (χ0v) is 10.9. The van der Waals surface area contributed by atoms with Crippen LogP contribution in [0, 0.1) is 0 Å². The maximum absolute atomic E-state index is 12.0. The molecule has 0 bridgehead atoms. The van der Waals surface area contributed by atoms with Crippen molar-refractivity contribution in [2.45, 2.75) is 4.90 Å².